The van der Waals surface area contributed by atoms with Gasteiger partial charge in [0.1, 0.15) is 11.6 Å². The van der Waals surface area contributed by atoms with Crippen molar-refractivity contribution in [2.45, 2.75) is 12.5 Å². The normalized spacial score (nSPS) is 18.4. The van der Waals surface area contributed by atoms with Crippen LogP contribution in [0.15, 0.2) is 83.0 Å². The number of hydrogen-bond donors (Lipinski definition) is 2. The molecule has 3 aromatic rings. The molecule has 36 heavy (non-hydrogen) atoms. The molecule has 1 unspecified atom stereocenters. The van der Waals surface area contributed by atoms with E-state index in [2.05, 4.69) is 11.1 Å². The lowest BCUT2D eigenvalue weighted by atomic mass is 9.81. The number of amidine groups is 1. The molecule has 0 aliphatic carbocycles. The van der Waals surface area contributed by atoms with Crippen molar-refractivity contribution in [1.82, 2.24) is 9.88 Å². The second kappa shape index (κ2) is 9.78. The number of nitrogens with zero attached hydrogens (tertiary/aromatic N) is 4. The van der Waals surface area contributed by atoms with Gasteiger partial charge in [-0.25, -0.2) is 4.99 Å². The van der Waals surface area contributed by atoms with Crippen LogP contribution >= 0.6 is 0 Å². The summed E-state index contributed by atoms with van der Waals surface area (Å²) in [7, 11) is -3.62. The van der Waals surface area contributed by atoms with Crippen LogP contribution in [0, 0.1) is 0 Å². The first-order valence-electron chi connectivity index (χ1n) is 11.0. The van der Waals surface area contributed by atoms with Crippen molar-refractivity contribution in [3.05, 3.63) is 84.2 Å². The highest BCUT2D eigenvalue weighted by atomic mass is 32.2. The van der Waals surface area contributed by atoms with Crippen LogP contribution in [-0.2, 0) is 20.5 Å². The number of carboxylic acid groups (broad SMARTS) is 1. The largest absolute Gasteiger partial charge is 0.481 e. The highest BCUT2D eigenvalue weighted by Gasteiger charge is 2.49. The number of fused-ring (bicyclic) bond motifs is 1. The number of guanidine groups is 1. The lowest BCUT2D eigenvalue weighted by molar-refractivity contribution is -0.134. The number of benzene rings is 2. The molecule has 186 valence electrons. The van der Waals surface area contributed by atoms with Crippen LogP contribution < -0.4 is 9.92 Å². The van der Waals surface area contributed by atoms with E-state index in [1.54, 1.807) is 30.5 Å². The van der Waals surface area contributed by atoms with Crippen molar-refractivity contribution in [3.63, 3.8) is 0 Å². The van der Waals surface area contributed by atoms with E-state index in [-0.39, 0.29) is 5.75 Å². The van der Waals surface area contributed by atoms with E-state index < -0.39 is 21.6 Å². The molecule has 3 N–H and O–H groups in total. The molecule has 0 radical (unpaired) electrons. The molecule has 0 bridgehead atoms. The number of aliphatic carboxylic acids is 1. The van der Waals surface area contributed by atoms with Crippen LogP contribution in [0.1, 0.15) is 18.1 Å². The third-order valence-corrected chi connectivity index (χ3v) is 6.01. The summed E-state index contributed by atoms with van der Waals surface area (Å²) in [5.41, 5.74) is 9.07. The Balaban J connectivity index is 0.000000709. The van der Waals surface area contributed by atoms with Crippen molar-refractivity contribution in [2.24, 2.45) is 15.7 Å². The van der Waals surface area contributed by atoms with Crippen molar-refractivity contribution in [2.75, 3.05) is 19.3 Å². The molecule has 0 spiro atoms. The first kappa shape index (κ1) is 24.9. The van der Waals surface area contributed by atoms with Gasteiger partial charge in [-0.2, -0.15) is 8.42 Å². The minimum absolute atomic E-state index is 0.232. The van der Waals surface area contributed by atoms with Gasteiger partial charge in [0.25, 0.3) is 5.97 Å². The zero-order valence-corrected chi connectivity index (χ0v) is 20.5. The van der Waals surface area contributed by atoms with Gasteiger partial charge in [0.15, 0.2) is 11.5 Å². The van der Waals surface area contributed by atoms with Gasteiger partial charge >= 0.3 is 10.1 Å². The van der Waals surface area contributed by atoms with E-state index in [9.17, 15) is 8.42 Å². The van der Waals surface area contributed by atoms with Crippen LogP contribution in [0.25, 0.3) is 11.1 Å². The second-order valence-corrected chi connectivity index (χ2v) is 9.77. The average Bonchev–Trinajstić information content (AvgIpc) is 3.42. The number of rotatable bonds is 5. The highest BCUT2D eigenvalue weighted by Crippen LogP contribution is 2.43. The zero-order valence-electron chi connectivity index (χ0n) is 19.7. The van der Waals surface area contributed by atoms with Crippen LogP contribution in [0.4, 0.5) is 0 Å². The van der Waals surface area contributed by atoms with E-state index in [1.165, 1.54) is 0 Å². The summed E-state index contributed by atoms with van der Waals surface area (Å²) in [6.07, 6.45) is 4.57. The zero-order chi connectivity index (χ0) is 25.9. The highest BCUT2D eigenvalue weighted by molar-refractivity contribution is 7.86. The molecule has 5 rings (SSSR count). The molecule has 2 aliphatic rings. The Morgan fingerprint density at radius 2 is 1.78 bits per heavy atom. The summed E-state index contributed by atoms with van der Waals surface area (Å²) in [6, 6.07) is 18.8. The minimum Gasteiger partial charge on any atom is -0.481 e. The van der Waals surface area contributed by atoms with Crippen molar-refractivity contribution in [1.29, 1.82) is 0 Å². The third-order valence-electron chi connectivity index (χ3n) is 5.52. The molecule has 11 heteroatoms. The Labute approximate surface area is 208 Å². The molecule has 0 fully saturated rings. The first-order chi connectivity index (χ1) is 17.1. The fraction of sp³-hybridized carbons (Fsp3) is 0.200. The lowest BCUT2D eigenvalue weighted by Crippen LogP contribution is -2.41. The van der Waals surface area contributed by atoms with Gasteiger partial charge in [0.2, 0.25) is 0 Å². The summed E-state index contributed by atoms with van der Waals surface area (Å²) < 4.78 is 28.0. The van der Waals surface area contributed by atoms with Crippen LogP contribution in [0.5, 0.6) is 5.75 Å². The summed E-state index contributed by atoms with van der Waals surface area (Å²) >= 11 is 0. The predicted molar refractivity (Wildman–Crippen MR) is 136 cm³/mol. The van der Waals surface area contributed by atoms with Crippen molar-refractivity contribution < 1.29 is 22.5 Å². The number of carboxylic acids is 1. The number of hydrogen-bond acceptors (Lipinski definition) is 9. The predicted octanol–water partition coefficient (Wildman–Crippen LogP) is 2.46. The van der Waals surface area contributed by atoms with Crippen LogP contribution in [0.2, 0.25) is 0 Å². The molecule has 1 aromatic heterocycles. The maximum atomic E-state index is 11.5. The quantitative estimate of drug-likeness (QED) is 0.501. The van der Waals surface area contributed by atoms with Gasteiger partial charge in [-0.15, -0.1) is 0 Å². The SMILES string of the molecule is CC(=O)O.CS(=O)(=O)Oc1ccc(C2(c3cccc(-c4cccnc4)c3)N=C(N)N3CCN=C32)cc1. The topological polar surface area (TPSA) is 148 Å². The summed E-state index contributed by atoms with van der Waals surface area (Å²) in [5.74, 6) is 0.565. The summed E-state index contributed by atoms with van der Waals surface area (Å²) in [4.78, 5) is 24.8. The number of aliphatic imine (C=N–C) groups is 2. The van der Waals surface area contributed by atoms with Gasteiger partial charge in [0, 0.05) is 25.9 Å². The van der Waals surface area contributed by atoms with E-state index in [1.807, 2.05) is 41.4 Å². The molecule has 2 aliphatic heterocycles. The Kier molecular flexibility index (Phi) is 6.75. The molecule has 3 heterocycles. The third kappa shape index (κ3) is 5.05. The monoisotopic (exact) mass is 507 g/mol. The molecule has 0 saturated carbocycles. The smallest absolute Gasteiger partial charge is 0.306 e. The standard InChI is InChI=1S/C23H21N5O3S.C2H4O2/c1-32(29,30)31-20-9-7-18(8-10-20)23(21-26-12-13-28(21)22(24)27-23)19-6-2-4-16(14-19)17-5-3-11-25-15-17;1-2(3)4/h2-11,14-15H,12-13H2,1H3,(H2,24,27);1H3,(H,3,4). The molecule has 1 atom stereocenters. The average molecular weight is 508 g/mol. The molecule has 0 amide bonds. The molecule has 0 saturated heterocycles. The number of aromatic nitrogens is 1. The minimum atomic E-state index is -3.62. The Bertz CT molecular complexity index is 1440. The fourth-order valence-electron chi connectivity index (χ4n) is 4.20. The van der Waals surface area contributed by atoms with E-state index in [0.717, 1.165) is 41.3 Å². The molecular formula is C25H25N5O5S. The molecule has 10 nitrogen and oxygen atoms in total. The second-order valence-electron chi connectivity index (χ2n) is 8.19. The lowest BCUT2D eigenvalue weighted by Gasteiger charge is -2.29. The Morgan fingerprint density at radius 1 is 1.08 bits per heavy atom. The van der Waals surface area contributed by atoms with Crippen molar-refractivity contribution >= 4 is 27.9 Å². The van der Waals surface area contributed by atoms with E-state index in [4.69, 9.17) is 29.8 Å². The van der Waals surface area contributed by atoms with Gasteiger partial charge < -0.3 is 15.0 Å². The summed E-state index contributed by atoms with van der Waals surface area (Å²) in [5, 5.41) is 7.42. The van der Waals surface area contributed by atoms with Crippen LogP contribution in [0.3, 0.4) is 0 Å². The van der Waals surface area contributed by atoms with Crippen LogP contribution in [-0.4, -0.2) is 60.5 Å². The number of pyridine rings is 1. The van der Waals surface area contributed by atoms with Gasteiger partial charge in [-0.3, -0.25) is 19.7 Å². The number of carbonyl (C=O) groups is 1. The maximum absolute atomic E-state index is 11.5. The fourth-order valence-corrected chi connectivity index (χ4v) is 4.66. The molecule has 2 aromatic carbocycles. The van der Waals surface area contributed by atoms with Gasteiger partial charge in [-0.1, -0.05) is 36.4 Å². The summed E-state index contributed by atoms with van der Waals surface area (Å²) in [6.45, 7) is 2.38. The first-order valence-corrected chi connectivity index (χ1v) is 12.8. The van der Waals surface area contributed by atoms with E-state index in [0.29, 0.717) is 19.0 Å². The van der Waals surface area contributed by atoms with E-state index >= 15 is 0 Å². The Hall–Kier alpha value is -4.25. The number of nitrogens with two attached hydrogens (primary N) is 1. The van der Waals surface area contributed by atoms with Gasteiger partial charge in [-0.05, 0) is 46.5 Å². The van der Waals surface area contributed by atoms with Crippen molar-refractivity contribution in [3.8, 4) is 16.9 Å². The molecular weight excluding hydrogens is 482 g/mol. The van der Waals surface area contributed by atoms with Gasteiger partial charge in [0.05, 0.1) is 12.8 Å². The Morgan fingerprint density at radius 3 is 2.42 bits per heavy atom. The maximum Gasteiger partial charge on any atom is 0.306 e.